The quantitative estimate of drug-likeness (QED) is 0.885. The van der Waals surface area contributed by atoms with Gasteiger partial charge in [-0.2, -0.15) is 11.8 Å². The molecular weight excluding hydrogens is 234 g/mol. The largest absolute Gasteiger partial charge is 0.369 e. The first kappa shape index (κ1) is 11.6. The Kier molecular flexibility index (Phi) is 3.68. The molecule has 2 fully saturated rings. The van der Waals surface area contributed by atoms with Crippen LogP contribution in [0, 0.1) is 0 Å². The number of aromatic nitrogens is 2. The summed E-state index contributed by atoms with van der Waals surface area (Å²) >= 11 is 2.09. The van der Waals surface area contributed by atoms with E-state index in [1.165, 1.54) is 24.3 Å². The predicted octanol–water partition coefficient (Wildman–Crippen LogP) is 1.44. The highest BCUT2D eigenvalue weighted by Gasteiger charge is 2.22. The van der Waals surface area contributed by atoms with Crippen molar-refractivity contribution in [3.05, 3.63) is 18.2 Å². The maximum absolute atomic E-state index is 5.80. The van der Waals surface area contributed by atoms with Crippen LogP contribution in [-0.2, 0) is 11.3 Å². The Morgan fingerprint density at radius 2 is 2.59 bits per heavy atom. The van der Waals surface area contributed by atoms with Gasteiger partial charge in [0.2, 0.25) is 0 Å². The number of rotatable bonds is 3. The summed E-state index contributed by atoms with van der Waals surface area (Å²) in [4.78, 5) is 4.29. The zero-order valence-electron chi connectivity index (χ0n) is 9.97. The normalized spacial score (nSPS) is 29.6. The lowest BCUT2D eigenvalue weighted by Gasteiger charge is -2.25. The Balaban J connectivity index is 1.69. The molecule has 2 saturated heterocycles. The number of ether oxygens (including phenoxy) is 1. The minimum Gasteiger partial charge on any atom is -0.369 e. The molecule has 0 aromatic carbocycles. The van der Waals surface area contributed by atoms with Crippen molar-refractivity contribution in [1.82, 2.24) is 14.9 Å². The highest BCUT2D eigenvalue weighted by molar-refractivity contribution is 8.00. The number of imidazole rings is 1. The molecule has 2 aliphatic heterocycles. The molecule has 0 bridgehead atoms. The molecule has 2 atom stereocenters. The molecule has 17 heavy (non-hydrogen) atoms. The minimum absolute atomic E-state index is 0.178. The first-order chi connectivity index (χ1) is 8.43. The van der Waals surface area contributed by atoms with Gasteiger partial charge in [-0.05, 0) is 18.6 Å². The lowest BCUT2D eigenvalue weighted by Crippen LogP contribution is -2.34. The molecule has 0 aliphatic carbocycles. The topological polar surface area (TPSA) is 39.1 Å². The van der Waals surface area contributed by atoms with Crippen LogP contribution in [0.15, 0.2) is 12.5 Å². The first-order valence-electron chi connectivity index (χ1n) is 6.37. The Labute approximate surface area is 106 Å². The van der Waals surface area contributed by atoms with Gasteiger partial charge in [0.25, 0.3) is 0 Å². The standard InChI is InChI=1S/C12H19N3OS/c1-2-10(17-5-1)8-15-9-14-6-11(15)12-7-13-3-4-16-12/h6,9-10,12-13H,1-5,7-8H2. The summed E-state index contributed by atoms with van der Waals surface area (Å²) in [5, 5.41) is 4.14. The van der Waals surface area contributed by atoms with Gasteiger partial charge in [-0.25, -0.2) is 4.98 Å². The third-order valence-electron chi connectivity index (χ3n) is 3.43. The van der Waals surface area contributed by atoms with E-state index < -0.39 is 0 Å². The second kappa shape index (κ2) is 5.42. The van der Waals surface area contributed by atoms with Crippen LogP contribution in [-0.4, -0.2) is 40.3 Å². The van der Waals surface area contributed by atoms with Crippen LogP contribution in [0.1, 0.15) is 24.6 Å². The second-order valence-corrected chi connectivity index (χ2v) is 6.08. The highest BCUT2D eigenvalue weighted by Crippen LogP contribution is 2.28. The Morgan fingerprint density at radius 1 is 1.59 bits per heavy atom. The monoisotopic (exact) mass is 253 g/mol. The average molecular weight is 253 g/mol. The molecule has 1 aromatic rings. The molecule has 0 saturated carbocycles. The van der Waals surface area contributed by atoms with E-state index in [0.29, 0.717) is 0 Å². The summed E-state index contributed by atoms with van der Waals surface area (Å²) in [5.74, 6) is 1.32. The molecule has 2 aliphatic rings. The fourth-order valence-electron chi connectivity index (χ4n) is 2.51. The van der Waals surface area contributed by atoms with Gasteiger partial charge in [0.05, 0.1) is 24.8 Å². The fraction of sp³-hybridized carbons (Fsp3) is 0.750. The maximum atomic E-state index is 5.80. The molecule has 1 aromatic heterocycles. The summed E-state index contributed by atoms with van der Waals surface area (Å²) < 4.78 is 8.08. The van der Waals surface area contributed by atoms with Crippen LogP contribution >= 0.6 is 11.8 Å². The van der Waals surface area contributed by atoms with E-state index >= 15 is 0 Å². The summed E-state index contributed by atoms with van der Waals surface area (Å²) in [7, 11) is 0. The third-order valence-corrected chi connectivity index (χ3v) is 4.81. The Morgan fingerprint density at radius 3 is 3.35 bits per heavy atom. The second-order valence-electron chi connectivity index (χ2n) is 4.67. The molecule has 4 nitrogen and oxygen atoms in total. The lowest BCUT2D eigenvalue weighted by atomic mass is 10.2. The van der Waals surface area contributed by atoms with Crippen molar-refractivity contribution < 1.29 is 4.74 Å². The Hall–Kier alpha value is -0.520. The number of hydrogen-bond acceptors (Lipinski definition) is 4. The van der Waals surface area contributed by atoms with Gasteiger partial charge in [0.15, 0.2) is 0 Å². The molecule has 0 radical (unpaired) electrons. The van der Waals surface area contributed by atoms with Gasteiger partial charge >= 0.3 is 0 Å². The van der Waals surface area contributed by atoms with E-state index in [1.54, 1.807) is 0 Å². The molecule has 94 valence electrons. The average Bonchev–Trinajstić information content (AvgIpc) is 3.02. The van der Waals surface area contributed by atoms with Crippen LogP contribution < -0.4 is 5.32 Å². The van der Waals surface area contributed by atoms with E-state index in [9.17, 15) is 0 Å². The summed E-state index contributed by atoms with van der Waals surface area (Å²) in [6.45, 7) is 3.75. The smallest absolute Gasteiger partial charge is 0.111 e. The van der Waals surface area contributed by atoms with Crippen LogP contribution in [0.5, 0.6) is 0 Å². The molecule has 0 amide bonds. The maximum Gasteiger partial charge on any atom is 0.111 e. The van der Waals surface area contributed by atoms with Crippen LogP contribution in [0.25, 0.3) is 0 Å². The van der Waals surface area contributed by atoms with Crippen molar-refractivity contribution in [2.24, 2.45) is 0 Å². The van der Waals surface area contributed by atoms with E-state index in [1.807, 2.05) is 12.5 Å². The fourth-order valence-corrected chi connectivity index (χ4v) is 3.78. The number of morpholine rings is 1. The SMILES string of the molecule is c1ncn(CC2CCCS2)c1C1CNCCO1. The molecule has 3 heterocycles. The molecule has 3 rings (SSSR count). The van der Waals surface area contributed by atoms with Crippen LogP contribution in [0.4, 0.5) is 0 Å². The zero-order valence-corrected chi connectivity index (χ0v) is 10.8. The number of thioether (sulfide) groups is 1. The number of hydrogen-bond donors (Lipinski definition) is 1. The van der Waals surface area contributed by atoms with Crippen LogP contribution in [0.3, 0.4) is 0 Å². The van der Waals surface area contributed by atoms with Crippen molar-refractivity contribution in [1.29, 1.82) is 0 Å². The van der Waals surface area contributed by atoms with Gasteiger partial charge in [0.1, 0.15) is 6.10 Å². The number of nitrogens with one attached hydrogen (secondary N) is 1. The van der Waals surface area contributed by atoms with Crippen molar-refractivity contribution in [3.8, 4) is 0 Å². The van der Waals surface area contributed by atoms with Crippen molar-refractivity contribution in [2.75, 3.05) is 25.4 Å². The Bertz CT molecular complexity index is 356. The molecular formula is C12H19N3OS. The summed E-state index contributed by atoms with van der Waals surface area (Å²) in [6, 6.07) is 0. The van der Waals surface area contributed by atoms with E-state index in [2.05, 4.69) is 26.6 Å². The zero-order chi connectivity index (χ0) is 11.5. The molecule has 5 heteroatoms. The number of nitrogens with zero attached hydrogens (tertiary/aromatic N) is 2. The minimum atomic E-state index is 0.178. The third kappa shape index (κ3) is 2.67. The highest BCUT2D eigenvalue weighted by atomic mass is 32.2. The van der Waals surface area contributed by atoms with Gasteiger partial charge in [-0.1, -0.05) is 0 Å². The molecule has 0 spiro atoms. The van der Waals surface area contributed by atoms with Crippen molar-refractivity contribution in [3.63, 3.8) is 0 Å². The van der Waals surface area contributed by atoms with E-state index in [0.717, 1.165) is 31.5 Å². The van der Waals surface area contributed by atoms with E-state index in [-0.39, 0.29) is 6.10 Å². The van der Waals surface area contributed by atoms with Crippen molar-refractivity contribution >= 4 is 11.8 Å². The van der Waals surface area contributed by atoms with Gasteiger partial charge in [0, 0.05) is 24.9 Å². The van der Waals surface area contributed by atoms with Crippen molar-refractivity contribution in [2.45, 2.75) is 30.7 Å². The molecule has 1 N–H and O–H groups in total. The predicted molar refractivity (Wildman–Crippen MR) is 69.3 cm³/mol. The van der Waals surface area contributed by atoms with Gasteiger partial charge < -0.3 is 14.6 Å². The first-order valence-corrected chi connectivity index (χ1v) is 7.42. The van der Waals surface area contributed by atoms with E-state index in [4.69, 9.17) is 4.74 Å². The van der Waals surface area contributed by atoms with Crippen LogP contribution in [0.2, 0.25) is 0 Å². The summed E-state index contributed by atoms with van der Waals surface area (Å²) in [5.41, 5.74) is 1.23. The van der Waals surface area contributed by atoms with Gasteiger partial charge in [-0.15, -0.1) is 0 Å². The lowest BCUT2D eigenvalue weighted by molar-refractivity contribution is 0.0227. The summed E-state index contributed by atoms with van der Waals surface area (Å²) in [6.07, 6.45) is 6.79. The molecule has 2 unspecified atom stereocenters. The van der Waals surface area contributed by atoms with Gasteiger partial charge in [-0.3, -0.25) is 0 Å².